The van der Waals surface area contributed by atoms with Gasteiger partial charge in [-0.05, 0) is 80.2 Å². The maximum Gasteiger partial charge on any atom is 0.220 e. The Morgan fingerprint density at radius 2 is 1.90 bits per heavy atom. The van der Waals surface area contributed by atoms with Crippen molar-refractivity contribution in [1.29, 1.82) is 0 Å². The van der Waals surface area contributed by atoms with E-state index in [0.29, 0.717) is 13.0 Å². The van der Waals surface area contributed by atoms with Crippen LogP contribution in [-0.4, -0.2) is 45.7 Å². The maximum atomic E-state index is 12.7. The third-order valence-electron chi connectivity index (χ3n) is 5.81. The van der Waals surface area contributed by atoms with Gasteiger partial charge in [-0.2, -0.15) is 0 Å². The molecular formula is C24H32N2O3. The molecule has 1 N–H and O–H groups in total. The van der Waals surface area contributed by atoms with E-state index in [9.17, 15) is 4.79 Å². The summed E-state index contributed by atoms with van der Waals surface area (Å²) in [5.41, 5.74) is 3.74. The van der Waals surface area contributed by atoms with Gasteiger partial charge < -0.3 is 19.7 Å². The third-order valence-corrected chi connectivity index (χ3v) is 5.81. The number of aryl methyl sites for hydroxylation is 1. The molecule has 3 rings (SSSR count). The fourth-order valence-corrected chi connectivity index (χ4v) is 4.18. The van der Waals surface area contributed by atoms with Crippen molar-refractivity contribution in [2.24, 2.45) is 0 Å². The summed E-state index contributed by atoms with van der Waals surface area (Å²) in [6.07, 6.45) is 3.75. The number of hydrogen-bond donors (Lipinski definition) is 1. The quantitative estimate of drug-likeness (QED) is 0.734. The lowest BCUT2D eigenvalue weighted by Gasteiger charge is -2.27. The molecule has 0 saturated carbocycles. The topological polar surface area (TPSA) is 50.8 Å². The first kappa shape index (κ1) is 21.2. The number of hydrogen-bond acceptors (Lipinski definition) is 4. The van der Waals surface area contributed by atoms with Crippen LogP contribution in [0, 0.1) is 0 Å². The number of nitrogens with one attached hydrogen (secondary N) is 1. The van der Waals surface area contributed by atoms with Crippen molar-refractivity contribution in [3.05, 3.63) is 59.2 Å². The van der Waals surface area contributed by atoms with Crippen LogP contribution in [0.15, 0.2) is 42.5 Å². The lowest BCUT2D eigenvalue weighted by Crippen LogP contribution is -2.35. The lowest BCUT2D eigenvalue weighted by molar-refractivity contribution is -0.121. The van der Waals surface area contributed by atoms with Gasteiger partial charge in [0.1, 0.15) is 11.5 Å². The second-order valence-corrected chi connectivity index (χ2v) is 7.92. The number of carbonyl (C=O) groups excluding carboxylic acids is 1. The summed E-state index contributed by atoms with van der Waals surface area (Å²) >= 11 is 0. The molecular weight excluding hydrogens is 364 g/mol. The van der Waals surface area contributed by atoms with E-state index >= 15 is 0 Å². The molecule has 1 aliphatic carbocycles. The Kier molecular flexibility index (Phi) is 7.15. The van der Waals surface area contributed by atoms with E-state index in [0.717, 1.165) is 36.3 Å². The van der Waals surface area contributed by atoms with Gasteiger partial charge in [0.15, 0.2) is 0 Å². The highest BCUT2D eigenvalue weighted by atomic mass is 16.5. The Morgan fingerprint density at radius 3 is 2.62 bits per heavy atom. The van der Waals surface area contributed by atoms with E-state index in [1.807, 2.05) is 38.4 Å². The molecule has 1 amide bonds. The molecule has 0 fully saturated rings. The Balaban J connectivity index is 1.63. The number of ether oxygens (including phenoxy) is 2. The SMILES string of the molecule is COc1cccc(C(CNC(=O)CC2CCCc3cc(OC)ccc32)N(C)C)c1. The van der Waals surface area contributed by atoms with Crippen molar-refractivity contribution in [1.82, 2.24) is 10.2 Å². The molecule has 0 saturated heterocycles. The van der Waals surface area contributed by atoms with Gasteiger partial charge in [0.05, 0.1) is 20.3 Å². The fourth-order valence-electron chi connectivity index (χ4n) is 4.18. The van der Waals surface area contributed by atoms with Crippen LogP contribution in [0.3, 0.4) is 0 Å². The minimum absolute atomic E-state index is 0.0944. The zero-order chi connectivity index (χ0) is 20.8. The van der Waals surface area contributed by atoms with Gasteiger partial charge in [-0.25, -0.2) is 0 Å². The number of methoxy groups -OCH3 is 2. The van der Waals surface area contributed by atoms with Gasteiger partial charge in [0.2, 0.25) is 5.91 Å². The van der Waals surface area contributed by atoms with Crippen LogP contribution in [0.1, 0.15) is 47.9 Å². The molecule has 0 radical (unpaired) electrons. The second kappa shape index (κ2) is 9.79. The van der Waals surface area contributed by atoms with Crippen LogP contribution < -0.4 is 14.8 Å². The standard InChI is InChI=1S/C24H32N2O3/c1-26(2)23(19-9-6-10-20(14-19)28-3)16-25-24(27)15-18-8-5-7-17-13-21(29-4)11-12-22(17)18/h6,9-14,18,23H,5,7-8,15-16H2,1-4H3,(H,25,27). The Morgan fingerprint density at radius 1 is 1.14 bits per heavy atom. The first-order valence-corrected chi connectivity index (χ1v) is 10.3. The van der Waals surface area contributed by atoms with E-state index in [2.05, 4.69) is 28.4 Å². The highest BCUT2D eigenvalue weighted by Gasteiger charge is 2.24. The number of rotatable bonds is 8. The smallest absolute Gasteiger partial charge is 0.220 e. The molecule has 0 bridgehead atoms. The van der Waals surface area contributed by atoms with E-state index in [1.165, 1.54) is 11.1 Å². The second-order valence-electron chi connectivity index (χ2n) is 7.92. The average molecular weight is 397 g/mol. The minimum atomic E-state index is 0.0944. The fraction of sp³-hybridized carbons (Fsp3) is 0.458. The average Bonchev–Trinajstić information content (AvgIpc) is 2.73. The van der Waals surface area contributed by atoms with Crippen LogP contribution in [0.4, 0.5) is 0 Å². The molecule has 0 spiro atoms. The van der Waals surface area contributed by atoms with Gasteiger partial charge in [-0.15, -0.1) is 0 Å². The number of likely N-dealkylation sites (N-methyl/N-ethyl adjacent to an activating group) is 1. The van der Waals surface area contributed by atoms with E-state index < -0.39 is 0 Å². The Hall–Kier alpha value is -2.53. The summed E-state index contributed by atoms with van der Waals surface area (Å²) in [5.74, 6) is 2.10. The number of benzene rings is 2. The van der Waals surface area contributed by atoms with E-state index in [4.69, 9.17) is 9.47 Å². The van der Waals surface area contributed by atoms with Crippen LogP contribution in [-0.2, 0) is 11.2 Å². The van der Waals surface area contributed by atoms with Crippen molar-refractivity contribution >= 4 is 5.91 Å². The number of nitrogens with zero attached hydrogens (tertiary/aromatic N) is 1. The first-order chi connectivity index (χ1) is 14.0. The summed E-state index contributed by atoms with van der Waals surface area (Å²) < 4.78 is 10.7. The predicted octanol–water partition coefficient (Wildman–Crippen LogP) is 3.93. The molecule has 156 valence electrons. The number of fused-ring (bicyclic) bond motifs is 1. The summed E-state index contributed by atoms with van der Waals surface area (Å²) in [6.45, 7) is 0.571. The third kappa shape index (κ3) is 5.30. The zero-order valence-corrected chi connectivity index (χ0v) is 17.9. The highest BCUT2D eigenvalue weighted by molar-refractivity contribution is 5.77. The maximum absolute atomic E-state index is 12.7. The van der Waals surface area contributed by atoms with Gasteiger partial charge >= 0.3 is 0 Å². The molecule has 0 aliphatic heterocycles. The van der Waals surface area contributed by atoms with Gasteiger partial charge in [0.25, 0.3) is 0 Å². The molecule has 0 aromatic heterocycles. The van der Waals surface area contributed by atoms with Crippen molar-refractivity contribution in [2.75, 3.05) is 34.9 Å². The lowest BCUT2D eigenvalue weighted by atomic mass is 9.81. The molecule has 29 heavy (non-hydrogen) atoms. The van der Waals surface area contributed by atoms with Crippen LogP contribution in [0.5, 0.6) is 11.5 Å². The Labute approximate surface area is 174 Å². The molecule has 2 aromatic carbocycles. The number of carbonyl (C=O) groups is 1. The van der Waals surface area contributed by atoms with Gasteiger partial charge in [0, 0.05) is 13.0 Å². The molecule has 5 nitrogen and oxygen atoms in total. The largest absolute Gasteiger partial charge is 0.497 e. The molecule has 2 atom stereocenters. The minimum Gasteiger partial charge on any atom is -0.497 e. The molecule has 0 heterocycles. The summed E-state index contributed by atoms with van der Waals surface area (Å²) in [7, 11) is 7.42. The van der Waals surface area contributed by atoms with Crippen LogP contribution in [0.25, 0.3) is 0 Å². The first-order valence-electron chi connectivity index (χ1n) is 10.3. The van der Waals surface area contributed by atoms with Crippen molar-refractivity contribution in [3.8, 4) is 11.5 Å². The molecule has 5 heteroatoms. The highest BCUT2D eigenvalue weighted by Crippen LogP contribution is 2.35. The molecule has 1 aliphatic rings. The van der Waals surface area contributed by atoms with Crippen molar-refractivity contribution < 1.29 is 14.3 Å². The normalized spacial score (nSPS) is 16.8. The van der Waals surface area contributed by atoms with E-state index in [-0.39, 0.29) is 17.9 Å². The van der Waals surface area contributed by atoms with Crippen molar-refractivity contribution in [3.63, 3.8) is 0 Å². The zero-order valence-electron chi connectivity index (χ0n) is 17.9. The number of amides is 1. The predicted molar refractivity (Wildman–Crippen MR) is 116 cm³/mol. The molecule has 2 aromatic rings. The van der Waals surface area contributed by atoms with Crippen LogP contribution in [0.2, 0.25) is 0 Å². The monoisotopic (exact) mass is 396 g/mol. The van der Waals surface area contributed by atoms with Crippen molar-refractivity contribution in [2.45, 2.75) is 37.6 Å². The summed E-state index contributed by atoms with van der Waals surface area (Å²) in [4.78, 5) is 14.9. The Bertz CT molecular complexity index is 835. The van der Waals surface area contributed by atoms with E-state index in [1.54, 1.807) is 14.2 Å². The summed E-state index contributed by atoms with van der Waals surface area (Å²) in [6, 6.07) is 14.4. The molecule has 2 unspecified atom stereocenters. The van der Waals surface area contributed by atoms with Gasteiger partial charge in [-0.1, -0.05) is 18.2 Å². The summed E-state index contributed by atoms with van der Waals surface area (Å²) in [5, 5.41) is 3.15. The van der Waals surface area contributed by atoms with Crippen LogP contribution >= 0.6 is 0 Å². The van der Waals surface area contributed by atoms with Gasteiger partial charge in [-0.3, -0.25) is 4.79 Å².